The Balaban J connectivity index is 1.66. The summed E-state index contributed by atoms with van der Waals surface area (Å²) in [7, 11) is 0. The first-order chi connectivity index (χ1) is 13.3. The molecule has 3 aromatic heterocycles. The first kappa shape index (κ1) is 17.1. The third kappa shape index (κ3) is 3.76. The van der Waals surface area contributed by atoms with Crippen LogP contribution in [0.2, 0.25) is 0 Å². The summed E-state index contributed by atoms with van der Waals surface area (Å²) in [5.41, 5.74) is 3.47. The van der Waals surface area contributed by atoms with Gasteiger partial charge in [-0.3, -0.25) is 4.98 Å². The monoisotopic (exact) mass is 372 g/mol. The second-order valence-corrected chi connectivity index (χ2v) is 6.80. The zero-order valence-electron chi connectivity index (χ0n) is 14.4. The van der Waals surface area contributed by atoms with E-state index in [9.17, 15) is 5.26 Å². The summed E-state index contributed by atoms with van der Waals surface area (Å²) in [6.07, 6.45) is 5.19. The molecule has 0 aliphatic rings. The van der Waals surface area contributed by atoms with Crippen molar-refractivity contribution in [3.05, 3.63) is 83.8 Å². The quantitative estimate of drug-likeness (QED) is 0.408. The topological polar surface area (TPSA) is 78.9 Å². The number of nitrogens with one attached hydrogen (secondary N) is 1. The molecule has 27 heavy (non-hydrogen) atoms. The molecule has 0 amide bonds. The Morgan fingerprint density at radius 3 is 2.59 bits per heavy atom. The van der Waals surface area contributed by atoms with Crippen molar-refractivity contribution in [1.82, 2.24) is 19.6 Å². The molecule has 0 saturated carbocycles. The first-order valence-corrected chi connectivity index (χ1v) is 9.41. The fourth-order valence-electron chi connectivity index (χ4n) is 2.70. The molecule has 6 nitrogen and oxygen atoms in total. The number of anilines is 1. The minimum Gasteiger partial charge on any atom is -0.365 e. The number of nitrogens with zero attached hydrogens (tertiary/aromatic N) is 5. The molecule has 0 saturated heterocycles. The average molecular weight is 372 g/mol. The average Bonchev–Trinajstić information content (AvgIpc) is 3.20. The highest BCUT2D eigenvalue weighted by molar-refractivity contribution is 7.98. The van der Waals surface area contributed by atoms with E-state index in [1.807, 2.05) is 36.4 Å². The van der Waals surface area contributed by atoms with Gasteiger partial charge in [-0.05, 0) is 23.3 Å². The number of nitriles is 1. The second kappa shape index (κ2) is 7.89. The van der Waals surface area contributed by atoms with Gasteiger partial charge < -0.3 is 5.32 Å². The smallest absolute Gasteiger partial charge is 0.158 e. The van der Waals surface area contributed by atoms with E-state index in [1.54, 1.807) is 34.9 Å². The molecule has 0 atom stereocenters. The van der Waals surface area contributed by atoms with E-state index < -0.39 is 0 Å². The van der Waals surface area contributed by atoms with Gasteiger partial charge in [0, 0.05) is 30.8 Å². The molecule has 0 aliphatic carbocycles. The van der Waals surface area contributed by atoms with Crippen LogP contribution in [0.3, 0.4) is 0 Å². The molecule has 3 heterocycles. The Morgan fingerprint density at radius 2 is 1.81 bits per heavy atom. The predicted molar refractivity (Wildman–Crippen MR) is 105 cm³/mol. The Kier molecular flexibility index (Phi) is 4.99. The molecule has 0 fully saturated rings. The fourth-order valence-corrected chi connectivity index (χ4v) is 3.64. The van der Waals surface area contributed by atoms with Crippen molar-refractivity contribution in [2.45, 2.75) is 17.3 Å². The van der Waals surface area contributed by atoms with E-state index in [0.29, 0.717) is 28.6 Å². The first-order valence-electron chi connectivity index (χ1n) is 8.42. The van der Waals surface area contributed by atoms with Crippen molar-refractivity contribution in [1.29, 1.82) is 5.26 Å². The van der Waals surface area contributed by atoms with E-state index in [1.165, 1.54) is 5.56 Å². The van der Waals surface area contributed by atoms with E-state index in [4.69, 9.17) is 0 Å². The number of aromatic nitrogens is 4. The van der Waals surface area contributed by atoms with Gasteiger partial charge in [-0.1, -0.05) is 30.3 Å². The zero-order valence-corrected chi connectivity index (χ0v) is 15.2. The van der Waals surface area contributed by atoms with Crippen molar-refractivity contribution in [2.24, 2.45) is 0 Å². The van der Waals surface area contributed by atoms with Crippen LogP contribution in [0.1, 0.15) is 16.7 Å². The molecule has 1 aromatic carbocycles. The lowest BCUT2D eigenvalue weighted by atomic mass is 10.2. The van der Waals surface area contributed by atoms with Crippen LogP contribution in [0.15, 0.2) is 72.1 Å². The number of rotatable bonds is 6. The molecule has 0 aliphatic heterocycles. The molecule has 0 radical (unpaired) electrons. The molecule has 1 N–H and O–H groups in total. The molecular formula is C20H16N6S. The van der Waals surface area contributed by atoms with Gasteiger partial charge in [0.15, 0.2) is 11.5 Å². The highest BCUT2D eigenvalue weighted by atomic mass is 32.2. The number of thioether (sulfide) groups is 1. The zero-order chi connectivity index (χ0) is 18.5. The van der Waals surface area contributed by atoms with E-state index in [-0.39, 0.29) is 0 Å². The molecule has 132 valence electrons. The summed E-state index contributed by atoms with van der Waals surface area (Å²) in [6, 6.07) is 18.2. The highest BCUT2D eigenvalue weighted by Gasteiger charge is 2.16. The summed E-state index contributed by atoms with van der Waals surface area (Å²) < 4.78 is 1.67. The third-order valence-corrected chi connectivity index (χ3v) is 5.09. The molecule has 4 rings (SSSR count). The molecule has 0 unspecified atom stereocenters. The van der Waals surface area contributed by atoms with E-state index in [0.717, 1.165) is 11.3 Å². The lowest BCUT2D eigenvalue weighted by molar-refractivity contribution is 0.896. The van der Waals surface area contributed by atoms with Crippen LogP contribution >= 0.6 is 11.8 Å². The standard InChI is InChI=1S/C20H16N6S/c21-12-17-19(23-13-15-6-9-22-10-7-15)26-18(8-11-24-26)25-20(17)27-14-16-4-2-1-3-5-16/h1-11,23H,13-14H2. The predicted octanol–water partition coefficient (Wildman–Crippen LogP) is 3.90. The minimum atomic E-state index is 0.501. The number of hydrogen-bond acceptors (Lipinski definition) is 6. The summed E-state index contributed by atoms with van der Waals surface area (Å²) in [6.45, 7) is 0.568. The Morgan fingerprint density at radius 1 is 1.00 bits per heavy atom. The maximum atomic E-state index is 9.80. The number of pyridine rings is 1. The lowest BCUT2D eigenvalue weighted by Gasteiger charge is -2.13. The van der Waals surface area contributed by atoms with Crippen molar-refractivity contribution >= 4 is 23.2 Å². The van der Waals surface area contributed by atoms with Crippen molar-refractivity contribution in [3.63, 3.8) is 0 Å². The maximum absolute atomic E-state index is 9.80. The summed E-state index contributed by atoms with van der Waals surface area (Å²) in [4.78, 5) is 8.66. The molecule has 0 bridgehead atoms. The second-order valence-electron chi connectivity index (χ2n) is 5.84. The Hall–Kier alpha value is -3.37. The largest absolute Gasteiger partial charge is 0.365 e. The van der Waals surface area contributed by atoms with Crippen molar-refractivity contribution in [3.8, 4) is 6.07 Å². The van der Waals surface area contributed by atoms with Crippen molar-refractivity contribution in [2.75, 3.05) is 5.32 Å². The summed E-state index contributed by atoms with van der Waals surface area (Å²) in [5, 5.41) is 18.2. The Bertz CT molecular complexity index is 1090. The van der Waals surface area contributed by atoms with E-state index >= 15 is 0 Å². The van der Waals surface area contributed by atoms with Crippen LogP contribution in [-0.2, 0) is 12.3 Å². The fraction of sp³-hybridized carbons (Fsp3) is 0.100. The molecule has 0 spiro atoms. The van der Waals surface area contributed by atoms with Crippen LogP contribution in [-0.4, -0.2) is 19.6 Å². The van der Waals surface area contributed by atoms with Crippen LogP contribution < -0.4 is 5.32 Å². The summed E-state index contributed by atoms with van der Waals surface area (Å²) in [5.74, 6) is 1.40. The van der Waals surface area contributed by atoms with Crippen LogP contribution in [0.5, 0.6) is 0 Å². The van der Waals surface area contributed by atoms with Crippen LogP contribution in [0, 0.1) is 11.3 Å². The van der Waals surface area contributed by atoms with Gasteiger partial charge in [0.2, 0.25) is 0 Å². The van der Waals surface area contributed by atoms with Gasteiger partial charge in [-0.15, -0.1) is 11.8 Å². The van der Waals surface area contributed by atoms with Gasteiger partial charge in [0.1, 0.15) is 16.7 Å². The van der Waals surface area contributed by atoms with Gasteiger partial charge in [0.05, 0.1) is 6.20 Å². The SMILES string of the molecule is N#Cc1c(SCc2ccccc2)nc2ccnn2c1NCc1ccncc1. The highest BCUT2D eigenvalue weighted by Crippen LogP contribution is 2.30. The maximum Gasteiger partial charge on any atom is 0.158 e. The van der Waals surface area contributed by atoms with E-state index in [2.05, 4.69) is 38.6 Å². The number of benzene rings is 1. The third-order valence-electron chi connectivity index (χ3n) is 4.04. The van der Waals surface area contributed by atoms with Crippen LogP contribution in [0.4, 0.5) is 5.82 Å². The lowest BCUT2D eigenvalue weighted by Crippen LogP contribution is -2.09. The molecular weight excluding hydrogens is 356 g/mol. The molecule has 4 aromatic rings. The van der Waals surface area contributed by atoms with Gasteiger partial charge in [0.25, 0.3) is 0 Å². The number of fused-ring (bicyclic) bond motifs is 1. The Labute approximate surface area is 160 Å². The van der Waals surface area contributed by atoms with Gasteiger partial charge in [-0.25, -0.2) is 4.98 Å². The molecule has 7 heteroatoms. The minimum absolute atomic E-state index is 0.501. The van der Waals surface area contributed by atoms with Crippen LogP contribution in [0.25, 0.3) is 5.65 Å². The van der Waals surface area contributed by atoms with Gasteiger partial charge in [-0.2, -0.15) is 14.9 Å². The van der Waals surface area contributed by atoms with Crippen molar-refractivity contribution < 1.29 is 0 Å². The summed E-state index contributed by atoms with van der Waals surface area (Å²) >= 11 is 1.55. The normalized spacial score (nSPS) is 10.6. The van der Waals surface area contributed by atoms with Gasteiger partial charge >= 0.3 is 0 Å². The number of hydrogen-bond donors (Lipinski definition) is 1.